The first kappa shape index (κ1) is 25.6. The van der Waals surface area contributed by atoms with Crippen molar-refractivity contribution in [1.82, 2.24) is 10.2 Å². The van der Waals surface area contributed by atoms with Gasteiger partial charge in [-0.3, -0.25) is 4.79 Å². The smallest absolute Gasteiger partial charge is 0.255 e. The van der Waals surface area contributed by atoms with Crippen LogP contribution in [0.3, 0.4) is 0 Å². The zero-order valence-corrected chi connectivity index (χ0v) is 21.8. The summed E-state index contributed by atoms with van der Waals surface area (Å²) in [6, 6.07) is 34.5. The summed E-state index contributed by atoms with van der Waals surface area (Å²) in [6.07, 6.45) is 1.95. The van der Waals surface area contributed by atoms with Crippen LogP contribution in [-0.2, 0) is 0 Å². The molecule has 5 rings (SSSR count). The van der Waals surface area contributed by atoms with E-state index >= 15 is 0 Å². The quantitative estimate of drug-likeness (QED) is 0.259. The number of anilines is 1. The second kappa shape index (κ2) is 12.0. The first-order valence-corrected chi connectivity index (χ1v) is 13.3. The number of nitrogen functional groups attached to an aromatic ring is 1. The lowest BCUT2D eigenvalue weighted by atomic mass is 9.88. The number of amides is 1. The highest BCUT2D eigenvalue weighted by molar-refractivity contribution is 5.98. The SMILES string of the molecule is Cc1ccc(Oc2ccc(N)cc2C(=O)NC2CCN(CCC(c3ccccc3)c3ccccc3)C2)cc1. The van der Waals surface area contributed by atoms with Crippen LogP contribution in [0, 0.1) is 6.92 Å². The van der Waals surface area contributed by atoms with Crippen LogP contribution in [0.5, 0.6) is 11.5 Å². The number of rotatable bonds is 9. The molecule has 4 aromatic carbocycles. The minimum absolute atomic E-state index is 0.0862. The standard InChI is InChI=1S/C33H35N3O2/c1-24-12-15-29(16-13-24)38-32-17-14-27(34)22-31(32)33(37)35-28-18-20-36(23-28)21-19-30(25-8-4-2-5-9-25)26-10-6-3-7-11-26/h2-17,22,28,30H,18-21,23,34H2,1H3,(H,35,37). The molecule has 0 bridgehead atoms. The molecule has 3 N–H and O–H groups in total. The lowest BCUT2D eigenvalue weighted by Crippen LogP contribution is -2.37. The van der Waals surface area contributed by atoms with E-state index in [2.05, 4.69) is 70.9 Å². The van der Waals surface area contributed by atoms with Crippen molar-refractivity contribution in [3.8, 4) is 11.5 Å². The van der Waals surface area contributed by atoms with Gasteiger partial charge in [-0.1, -0.05) is 78.4 Å². The number of hydrogen-bond donors (Lipinski definition) is 2. The van der Waals surface area contributed by atoms with Gasteiger partial charge < -0.3 is 20.7 Å². The molecular weight excluding hydrogens is 470 g/mol. The van der Waals surface area contributed by atoms with Gasteiger partial charge in [0.05, 0.1) is 5.56 Å². The molecule has 1 amide bonds. The van der Waals surface area contributed by atoms with Gasteiger partial charge in [-0.15, -0.1) is 0 Å². The Hall–Kier alpha value is -4.09. The third kappa shape index (κ3) is 6.42. The highest BCUT2D eigenvalue weighted by Crippen LogP contribution is 2.30. The number of aryl methyl sites for hydroxylation is 1. The Morgan fingerprint density at radius 3 is 2.26 bits per heavy atom. The maximum atomic E-state index is 13.3. The summed E-state index contributed by atoms with van der Waals surface area (Å²) in [4.78, 5) is 15.7. The topological polar surface area (TPSA) is 67.6 Å². The van der Waals surface area contributed by atoms with E-state index in [1.807, 2.05) is 31.2 Å². The molecule has 0 aliphatic carbocycles. The van der Waals surface area contributed by atoms with Crippen molar-refractivity contribution in [3.05, 3.63) is 125 Å². The van der Waals surface area contributed by atoms with Crippen molar-refractivity contribution in [2.24, 2.45) is 0 Å². The summed E-state index contributed by atoms with van der Waals surface area (Å²) in [7, 11) is 0. The Balaban J connectivity index is 1.21. The Labute approximate surface area is 225 Å². The van der Waals surface area contributed by atoms with E-state index in [0.29, 0.717) is 28.7 Å². The van der Waals surface area contributed by atoms with Gasteiger partial charge in [-0.2, -0.15) is 0 Å². The first-order valence-electron chi connectivity index (χ1n) is 13.3. The average molecular weight is 506 g/mol. The maximum absolute atomic E-state index is 13.3. The van der Waals surface area contributed by atoms with Gasteiger partial charge in [0.2, 0.25) is 0 Å². The predicted molar refractivity (Wildman–Crippen MR) is 154 cm³/mol. The van der Waals surface area contributed by atoms with Crippen molar-refractivity contribution >= 4 is 11.6 Å². The van der Waals surface area contributed by atoms with E-state index in [1.54, 1.807) is 18.2 Å². The van der Waals surface area contributed by atoms with Crippen LogP contribution in [0.2, 0.25) is 0 Å². The molecule has 5 nitrogen and oxygen atoms in total. The molecule has 0 radical (unpaired) electrons. The summed E-state index contributed by atoms with van der Waals surface area (Å²) in [5.74, 6) is 1.38. The first-order chi connectivity index (χ1) is 18.5. The van der Waals surface area contributed by atoms with Crippen molar-refractivity contribution in [2.75, 3.05) is 25.4 Å². The zero-order chi connectivity index (χ0) is 26.3. The number of carbonyl (C=O) groups excluding carboxylic acids is 1. The van der Waals surface area contributed by atoms with E-state index in [4.69, 9.17) is 10.5 Å². The van der Waals surface area contributed by atoms with Gasteiger partial charge in [-0.05, 0) is 67.8 Å². The predicted octanol–water partition coefficient (Wildman–Crippen LogP) is 6.40. The minimum atomic E-state index is -0.155. The van der Waals surface area contributed by atoms with E-state index in [-0.39, 0.29) is 11.9 Å². The van der Waals surface area contributed by atoms with Gasteiger partial charge in [0, 0.05) is 30.7 Å². The highest BCUT2D eigenvalue weighted by atomic mass is 16.5. The Kier molecular flexibility index (Phi) is 8.05. The molecule has 0 saturated carbocycles. The second-order valence-corrected chi connectivity index (χ2v) is 10.1. The molecule has 1 aliphatic rings. The monoisotopic (exact) mass is 505 g/mol. The fraction of sp³-hybridized carbons (Fsp3) is 0.242. The summed E-state index contributed by atoms with van der Waals surface area (Å²) < 4.78 is 6.05. The molecule has 1 atom stereocenters. The van der Waals surface area contributed by atoms with Crippen molar-refractivity contribution < 1.29 is 9.53 Å². The number of ether oxygens (including phenoxy) is 1. The maximum Gasteiger partial charge on any atom is 0.255 e. The second-order valence-electron chi connectivity index (χ2n) is 10.1. The third-order valence-corrected chi connectivity index (χ3v) is 7.24. The fourth-order valence-corrected chi connectivity index (χ4v) is 5.17. The molecule has 1 heterocycles. The molecule has 0 aromatic heterocycles. The van der Waals surface area contributed by atoms with Crippen molar-refractivity contribution in [3.63, 3.8) is 0 Å². The molecule has 194 valence electrons. The van der Waals surface area contributed by atoms with Crippen LogP contribution < -0.4 is 15.8 Å². The summed E-state index contributed by atoms with van der Waals surface area (Å²) in [5, 5.41) is 3.22. The van der Waals surface area contributed by atoms with Gasteiger partial charge >= 0.3 is 0 Å². The van der Waals surface area contributed by atoms with Gasteiger partial charge in [0.25, 0.3) is 5.91 Å². The summed E-state index contributed by atoms with van der Waals surface area (Å²) in [5.41, 5.74) is 10.8. The summed E-state index contributed by atoms with van der Waals surface area (Å²) in [6.45, 7) is 4.80. The highest BCUT2D eigenvalue weighted by Gasteiger charge is 2.26. The van der Waals surface area contributed by atoms with Crippen LogP contribution in [0.15, 0.2) is 103 Å². The molecule has 1 unspecified atom stereocenters. The molecular formula is C33H35N3O2. The van der Waals surface area contributed by atoms with Crippen LogP contribution in [0.25, 0.3) is 0 Å². The van der Waals surface area contributed by atoms with E-state index in [9.17, 15) is 4.79 Å². The van der Waals surface area contributed by atoms with Gasteiger partial charge in [0.1, 0.15) is 11.5 Å². The third-order valence-electron chi connectivity index (χ3n) is 7.24. The van der Waals surface area contributed by atoms with E-state index in [0.717, 1.165) is 38.0 Å². The van der Waals surface area contributed by atoms with Crippen LogP contribution in [0.4, 0.5) is 5.69 Å². The lowest BCUT2D eigenvalue weighted by Gasteiger charge is -2.22. The van der Waals surface area contributed by atoms with Crippen molar-refractivity contribution in [1.29, 1.82) is 0 Å². The number of hydrogen-bond acceptors (Lipinski definition) is 4. The Morgan fingerprint density at radius 1 is 0.947 bits per heavy atom. The molecule has 1 aliphatic heterocycles. The van der Waals surface area contributed by atoms with Gasteiger partial charge in [-0.25, -0.2) is 0 Å². The molecule has 38 heavy (non-hydrogen) atoms. The summed E-state index contributed by atoms with van der Waals surface area (Å²) >= 11 is 0. The molecule has 4 aromatic rings. The lowest BCUT2D eigenvalue weighted by molar-refractivity contribution is 0.0935. The van der Waals surface area contributed by atoms with Crippen LogP contribution in [0.1, 0.15) is 45.8 Å². The molecule has 0 spiro atoms. The van der Waals surface area contributed by atoms with E-state index < -0.39 is 0 Å². The zero-order valence-electron chi connectivity index (χ0n) is 21.8. The minimum Gasteiger partial charge on any atom is -0.457 e. The molecule has 1 fully saturated rings. The van der Waals surface area contributed by atoms with E-state index in [1.165, 1.54) is 11.1 Å². The number of nitrogens with one attached hydrogen (secondary N) is 1. The Morgan fingerprint density at radius 2 is 1.61 bits per heavy atom. The fourth-order valence-electron chi connectivity index (χ4n) is 5.17. The normalized spacial score (nSPS) is 15.5. The van der Waals surface area contributed by atoms with Crippen LogP contribution >= 0.6 is 0 Å². The molecule has 1 saturated heterocycles. The Bertz CT molecular complexity index is 1300. The van der Waals surface area contributed by atoms with Crippen molar-refractivity contribution in [2.45, 2.75) is 31.7 Å². The van der Waals surface area contributed by atoms with Crippen LogP contribution in [-0.4, -0.2) is 36.5 Å². The molecule has 5 heteroatoms. The number of nitrogens with two attached hydrogens (primary N) is 1. The largest absolute Gasteiger partial charge is 0.457 e. The number of benzene rings is 4. The number of nitrogens with zero attached hydrogens (tertiary/aromatic N) is 1. The number of likely N-dealkylation sites (tertiary alicyclic amines) is 1. The number of carbonyl (C=O) groups is 1. The average Bonchev–Trinajstić information content (AvgIpc) is 3.39. The van der Waals surface area contributed by atoms with Gasteiger partial charge in [0.15, 0.2) is 0 Å².